The molecule has 0 saturated carbocycles. The van der Waals surface area contributed by atoms with Crippen LogP contribution in [0.25, 0.3) is 0 Å². The van der Waals surface area contributed by atoms with E-state index in [1.54, 1.807) is 30.5 Å². The SMILES string of the molecule is Cc1cccc(S(=O)(=O)Nc2ccc(N3CCc4ccccc4C3)cn2)c1. The van der Waals surface area contributed by atoms with E-state index in [1.165, 1.54) is 11.1 Å². The summed E-state index contributed by atoms with van der Waals surface area (Å²) in [5.74, 6) is 0.317. The molecule has 6 heteroatoms. The molecule has 138 valence electrons. The van der Waals surface area contributed by atoms with E-state index >= 15 is 0 Å². The Bertz CT molecular complexity index is 1060. The highest BCUT2D eigenvalue weighted by Gasteiger charge is 2.18. The van der Waals surface area contributed by atoms with Crippen molar-refractivity contribution >= 4 is 21.5 Å². The van der Waals surface area contributed by atoms with E-state index in [0.29, 0.717) is 5.82 Å². The molecule has 4 rings (SSSR count). The Morgan fingerprint density at radius 2 is 1.81 bits per heavy atom. The van der Waals surface area contributed by atoms with Gasteiger partial charge in [0.2, 0.25) is 0 Å². The number of rotatable bonds is 4. The number of nitrogens with one attached hydrogen (secondary N) is 1. The van der Waals surface area contributed by atoms with Crippen molar-refractivity contribution in [2.75, 3.05) is 16.2 Å². The molecule has 3 aromatic rings. The van der Waals surface area contributed by atoms with Gasteiger partial charge in [-0.2, -0.15) is 0 Å². The number of sulfonamides is 1. The molecule has 0 bridgehead atoms. The average Bonchev–Trinajstić information content (AvgIpc) is 2.68. The summed E-state index contributed by atoms with van der Waals surface area (Å²) in [5, 5.41) is 0. The molecule has 0 unspecified atom stereocenters. The van der Waals surface area contributed by atoms with Crippen molar-refractivity contribution < 1.29 is 8.42 Å². The van der Waals surface area contributed by atoms with Crippen LogP contribution in [0.2, 0.25) is 0 Å². The third-order valence-corrected chi connectivity index (χ3v) is 6.13. The van der Waals surface area contributed by atoms with Gasteiger partial charge in [0.1, 0.15) is 5.82 Å². The fourth-order valence-corrected chi connectivity index (χ4v) is 4.44. The van der Waals surface area contributed by atoms with E-state index in [-0.39, 0.29) is 4.90 Å². The van der Waals surface area contributed by atoms with Crippen LogP contribution in [0.1, 0.15) is 16.7 Å². The summed E-state index contributed by atoms with van der Waals surface area (Å²) >= 11 is 0. The van der Waals surface area contributed by atoms with Gasteiger partial charge >= 0.3 is 0 Å². The first-order chi connectivity index (χ1) is 13.0. The molecule has 1 aromatic heterocycles. The zero-order valence-corrected chi connectivity index (χ0v) is 15.9. The van der Waals surface area contributed by atoms with Crippen molar-refractivity contribution in [1.29, 1.82) is 0 Å². The lowest BCUT2D eigenvalue weighted by molar-refractivity contribution is 0.601. The number of pyridine rings is 1. The van der Waals surface area contributed by atoms with Crippen LogP contribution in [0.15, 0.2) is 71.8 Å². The molecule has 2 aromatic carbocycles. The van der Waals surface area contributed by atoms with E-state index < -0.39 is 10.0 Å². The van der Waals surface area contributed by atoms with Gasteiger partial charge in [-0.25, -0.2) is 13.4 Å². The zero-order valence-electron chi connectivity index (χ0n) is 15.1. The molecule has 0 saturated heterocycles. The van der Waals surface area contributed by atoms with Gasteiger partial charge in [-0.3, -0.25) is 4.72 Å². The second-order valence-electron chi connectivity index (χ2n) is 6.76. The molecule has 5 nitrogen and oxygen atoms in total. The standard InChI is InChI=1S/C21H21N3O2S/c1-16-5-4-8-20(13-16)27(25,26)23-21-10-9-19(14-22-21)24-12-11-17-6-2-3-7-18(17)15-24/h2-10,13-14H,11-12,15H2,1H3,(H,22,23). The topological polar surface area (TPSA) is 62.3 Å². The minimum absolute atomic E-state index is 0.237. The Morgan fingerprint density at radius 1 is 1.00 bits per heavy atom. The smallest absolute Gasteiger partial charge is 0.263 e. The molecular formula is C21H21N3O2S. The van der Waals surface area contributed by atoms with Gasteiger partial charge in [-0.15, -0.1) is 0 Å². The van der Waals surface area contributed by atoms with Crippen LogP contribution in [0.5, 0.6) is 0 Å². The van der Waals surface area contributed by atoms with Crippen LogP contribution in [-0.4, -0.2) is 19.9 Å². The maximum Gasteiger partial charge on any atom is 0.263 e. The average molecular weight is 379 g/mol. The first-order valence-electron chi connectivity index (χ1n) is 8.88. The van der Waals surface area contributed by atoms with Crippen molar-refractivity contribution in [3.8, 4) is 0 Å². The quantitative estimate of drug-likeness (QED) is 0.750. The van der Waals surface area contributed by atoms with Crippen molar-refractivity contribution in [1.82, 2.24) is 4.98 Å². The summed E-state index contributed by atoms with van der Waals surface area (Å²) < 4.78 is 27.6. The fraction of sp³-hybridized carbons (Fsp3) is 0.190. The van der Waals surface area contributed by atoms with Gasteiger partial charge in [0.15, 0.2) is 0 Å². The molecule has 1 aliphatic heterocycles. The maximum absolute atomic E-state index is 12.5. The lowest BCUT2D eigenvalue weighted by Crippen LogP contribution is -2.30. The van der Waals surface area contributed by atoms with Gasteiger partial charge < -0.3 is 4.90 Å². The molecule has 2 heterocycles. The normalized spacial score (nSPS) is 13.9. The Morgan fingerprint density at radius 3 is 2.56 bits per heavy atom. The maximum atomic E-state index is 12.5. The van der Waals surface area contributed by atoms with E-state index in [2.05, 4.69) is 38.9 Å². The molecule has 0 radical (unpaired) electrons. The molecule has 27 heavy (non-hydrogen) atoms. The van der Waals surface area contributed by atoms with Gasteiger partial charge in [0.05, 0.1) is 16.8 Å². The molecule has 0 spiro atoms. The fourth-order valence-electron chi connectivity index (χ4n) is 3.33. The number of nitrogens with zero attached hydrogens (tertiary/aromatic N) is 2. The molecular weight excluding hydrogens is 358 g/mol. The Balaban J connectivity index is 1.50. The number of hydrogen-bond donors (Lipinski definition) is 1. The summed E-state index contributed by atoms with van der Waals surface area (Å²) in [7, 11) is -3.64. The van der Waals surface area contributed by atoms with E-state index in [0.717, 1.165) is 30.8 Å². The number of anilines is 2. The van der Waals surface area contributed by atoms with Gasteiger partial charge in [0, 0.05) is 13.1 Å². The lowest BCUT2D eigenvalue weighted by atomic mass is 10.00. The Hall–Kier alpha value is -2.86. The van der Waals surface area contributed by atoms with E-state index in [9.17, 15) is 8.42 Å². The van der Waals surface area contributed by atoms with Crippen molar-refractivity contribution in [3.05, 3.63) is 83.6 Å². The van der Waals surface area contributed by atoms with Crippen LogP contribution < -0.4 is 9.62 Å². The second kappa shape index (κ2) is 7.04. The monoisotopic (exact) mass is 379 g/mol. The predicted octanol–water partition coefficient (Wildman–Crippen LogP) is 3.75. The van der Waals surface area contributed by atoms with Crippen LogP contribution in [0.4, 0.5) is 11.5 Å². The zero-order chi connectivity index (χ0) is 18.9. The summed E-state index contributed by atoms with van der Waals surface area (Å²) in [6.45, 7) is 3.63. The van der Waals surface area contributed by atoms with Crippen molar-refractivity contribution in [2.45, 2.75) is 24.8 Å². The first-order valence-corrected chi connectivity index (χ1v) is 10.4. The molecule has 0 atom stereocenters. The van der Waals surface area contributed by atoms with Crippen LogP contribution in [0.3, 0.4) is 0 Å². The highest BCUT2D eigenvalue weighted by Crippen LogP contribution is 2.25. The summed E-state index contributed by atoms with van der Waals surface area (Å²) in [5.41, 5.74) is 4.60. The number of benzene rings is 2. The predicted molar refractivity (Wildman–Crippen MR) is 107 cm³/mol. The number of aromatic nitrogens is 1. The Labute approximate surface area is 159 Å². The second-order valence-corrected chi connectivity index (χ2v) is 8.45. The molecule has 0 amide bonds. The number of fused-ring (bicyclic) bond motifs is 1. The van der Waals surface area contributed by atoms with E-state index in [1.807, 2.05) is 19.1 Å². The molecule has 0 aliphatic carbocycles. The summed E-state index contributed by atoms with van der Waals surface area (Å²) in [6.07, 6.45) is 2.72. The van der Waals surface area contributed by atoms with Crippen molar-refractivity contribution in [2.24, 2.45) is 0 Å². The molecule has 0 fully saturated rings. The van der Waals surface area contributed by atoms with Gasteiger partial charge in [0.25, 0.3) is 10.0 Å². The minimum Gasteiger partial charge on any atom is -0.366 e. The van der Waals surface area contributed by atoms with Gasteiger partial charge in [-0.1, -0.05) is 36.4 Å². The Kier molecular flexibility index (Phi) is 4.58. The van der Waals surface area contributed by atoms with Gasteiger partial charge in [-0.05, 0) is 54.3 Å². The molecule has 1 aliphatic rings. The lowest BCUT2D eigenvalue weighted by Gasteiger charge is -2.30. The molecule has 1 N–H and O–H groups in total. The van der Waals surface area contributed by atoms with Crippen LogP contribution in [-0.2, 0) is 23.0 Å². The third-order valence-electron chi connectivity index (χ3n) is 4.78. The summed E-state index contributed by atoms with van der Waals surface area (Å²) in [4.78, 5) is 6.81. The number of hydrogen-bond acceptors (Lipinski definition) is 4. The van der Waals surface area contributed by atoms with E-state index in [4.69, 9.17) is 0 Å². The first kappa shape index (κ1) is 17.5. The van der Waals surface area contributed by atoms with Crippen LogP contribution in [0, 0.1) is 6.92 Å². The largest absolute Gasteiger partial charge is 0.366 e. The minimum atomic E-state index is -3.64. The highest BCUT2D eigenvalue weighted by atomic mass is 32.2. The third kappa shape index (κ3) is 3.80. The highest BCUT2D eigenvalue weighted by molar-refractivity contribution is 7.92. The van der Waals surface area contributed by atoms with Crippen LogP contribution >= 0.6 is 0 Å². The van der Waals surface area contributed by atoms with Crippen molar-refractivity contribution in [3.63, 3.8) is 0 Å². The number of aryl methyl sites for hydroxylation is 1. The summed E-state index contributed by atoms with van der Waals surface area (Å²) in [6, 6.07) is 18.9.